The molecule has 0 amide bonds. The van der Waals surface area contributed by atoms with Crippen molar-refractivity contribution in [3.05, 3.63) is 29.8 Å². The summed E-state index contributed by atoms with van der Waals surface area (Å²) in [6, 6.07) is 7.70. The van der Waals surface area contributed by atoms with Gasteiger partial charge >= 0.3 is 0 Å². The molecule has 0 saturated carbocycles. The summed E-state index contributed by atoms with van der Waals surface area (Å²) in [6.45, 7) is 2.27. The molecule has 0 spiro atoms. The van der Waals surface area contributed by atoms with E-state index >= 15 is 0 Å². The Bertz CT molecular complexity index is 303. The van der Waals surface area contributed by atoms with Crippen LogP contribution in [0.3, 0.4) is 0 Å². The maximum atomic E-state index is 9.70. The van der Waals surface area contributed by atoms with E-state index in [1.54, 1.807) is 6.07 Å². The number of phenols is 1. The van der Waals surface area contributed by atoms with Gasteiger partial charge in [0.1, 0.15) is 5.75 Å². The molecule has 1 atom stereocenters. The zero-order valence-corrected chi connectivity index (χ0v) is 9.08. The van der Waals surface area contributed by atoms with Gasteiger partial charge in [0.2, 0.25) is 0 Å². The number of hydrogen-bond donors (Lipinski definition) is 2. The maximum Gasteiger partial charge on any atom is 0.118 e. The molecule has 0 radical (unpaired) electrons. The lowest BCUT2D eigenvalue weighted by Crippen LogP contribution is -2.14. The molecule has 1 aliphatic heterocycles. The second-order valence-corrected chi connectivity index (χ2v) is 4.38. The van der Waals surface area contributed by atoms with Gasteiger partial charge < -0.3 is 10.4 Å². The first-order valence-electron chi connectivity index (χ1n) is 5.84. The Hall–Kier alpha value is -1.02. The molecule has 1 heterocycles. The zero-order valence-electron chi connectivity index (χ0n) is 9.08. The summed E-state index contributed by atoms with van der Waals surface area (Å²) in [5.41, 5.74) is 1.10. The van der Waals surface area contributed by atoms with Crippen LogP contribution in [-0.2, 0) is 6.42 Å². The molecule has 1 aromatic rings. The molecule has 1 fully saturated rings. The second-order valence-electron chi connectivity index (χ2n) is 4.38. The van der Waals surface area contributed by atoms with Gasteiger partial charge in [-0.3, -0.25) is 0 Å². The lowest BCUT2D eigenvalue weighted by molar-refractivity contribution is 0.436. The lowest BCUT2D eigenvalue weighted by atomic mass is 9.92. The fourth-order valence-corrected chi connectivity index (χ4v) is 2.29. The molecule has 1 unspecified atom stereocenters. The van der Waals surface area contributed by atoms with Crippen LogP contribution >= 0.6 is 0 Å². The summed E-state index contributed by atoms with van der Waals surface area (Å²) in [4.78, 5) is 0. The van der Waals surface area contributed by atoms with Crippen molar-refractivity contribution in [1.29, 1.82) is 0 Å². The van der Waals surface area contributed by atoms with Crippen LogP contribution in [-0.4, -0.2) is 18.2 Å². The first-order chi connectivity index (χ1) is 7.36. The molecule has 2 N–H and O–H groups in total. The summed E-state index contributed by atoms with van der Waals surface area (Å²) in [5, 5.41) is 13.1. The Labute approximate surface area is 91.3 Å². The Morgan fingerprint density at radius 2 is 2.07 bits per heavy atom. The van der Waals surface area contributed by atoms with E-state index < -0.39 is 0 Å². The van der Waals surface area contributed by atoms with Crippen molar-refractivity contribution in [3.8, 4) is 5.75 Å². The zero-order chi connectivity index (χ0) is 10.5. The van der Waals surface area contributed by atoms with E-state index in [2.05, 4.69) is 5.32 Å². The molecule has 1 saturated heterocycles. The predicted octanol–water partition coefficient (Wildman–Crippen LogP) is 2.32. The van der Waals surface area contributed by atoms with E-state index in [0.29, 0.717) is 5.75 Å². The van der Waals surface area contributed by atoms with Crippen LogP contribution in [0.2, 0.25) is 0 Å². The Balaban J connectivity index is 1.98. The molecule has 15 heavy (non-hydrogen) atoms. The summed E-state index contributed by atoms with van der Waals surface area (Å²) in [7, 11) is 0. The molecule has 2 rings (SSSR count). The van der Waals surface area contributed by atoms with E-state index in [9.17, 15) is 5.11 Å². The fraction of sp³-hybridized carbons (Fsp3) is 0.538. The quantitative estimate of drug-likeness (QED) is 0.776. The number of nitrogens with one attached hydrogen (secondary N) is 1. The Morgan fingerprint density at radius 1 is 1.20 bits per heavy atom. The van der Waals surface area contributed by atoms with Crippen LogP contribution in [0.5, 0.6) is 5.75 Å². The largest absolute Gasteiger partial charge is 0.508 e. The van der Waals surface area contributed by atoms with Gasteiger partial charge in [0.15, 0.2) is 0 Å². The minimum atomic E-state index is 0.453. The van der Waals surface area contributed by atoms with Crippen molar-refractivity contribution < 1.29 is 5.11 Å². The van der Waals surface area contributed by atoms with Crippen molar-refractivity contribution >= 4 is 0 Å². The fourth-order valence-electron chi connectivity index (χ4n) is 2.29. The first-order valence-corrected chi connectivity index (χ1v) is 5.84. The average Bonchev–Trinajstić information content (AvgIpc) is 2.50. The van der Waals surface area contributed by atoms with Crippen LogP contribution in [0.15, 0.2) is 24.3 Å². The highest BCUT2D eigenvalue weighted by Gasteiger charge is 2.13. The second kappa shape index (κ2) is 5.17. The molecule has 0 aliphatic carbocycles. The first kappa shape index (κ1) is 10.5. The molecule has 2 heteroatoms. The van der Waals surface area contributed by atoms with Gasteiger partial charge in [-0.15, -0.1) is 0 Å². The molecule has 0 bridgehead atoms. The monoisotopic (exact) mass is 205 g/mol. The standard InChI is InChI=1S/C13H19NO/c15-13-6-2-1-5-12(13)10-11-4-3-8-14-9-7-11/h1-2,5-6,11,14-15H,3-4,7-10H2. The van der Waals surface area contributed by atoms with Crippen molar-refractivity contribution in [1.82, 2.24) is 5.32 Å². The molecule has 0 aromatic heterocycles. The third kappa shape index (κ3) is 2.96. The normalized spacial score (nSPS) is 22.3. The van der Waals surface area contributed by atoms with E-state index in [4.69, 9.17) is 0 Å². The molecular formula is C13H19NO. The Morgan fingerprint density at radius 3 is 2.93 bits per heavy atom. The molecule has 1 aliphatic rings. The number of hydrogen-bond acceptors (Lipinski definition) is 2. The average molecular weight is 205 g/mol. The van der Waals surface area contributed by atoms with Gasteiger partial charge in [-0.05, 0) is 56.3 Å². The summed E-state index contributed by atoms with van der Waals surface area (Å²) in [6.07, 6.45) is 4.79. The summed E-state index contributed by atoms with van der Waals surface area (Å²) in [5.74, 6) is 1.18. The van der Waals surface area contributed by atoms with Gasteiger partial charge in [0, 0.05) is 0 Å². The Kier molecular flexibility index (Phi) is 3.62. The summed E-state index contributed by atoms with van der Waals surface area (Å²) >= 11 is 0. The third-order valence-electron chi connectivity index (χ3n) is 3.20. The molecular weight excluding hydrogens is 186 g/mol. The van der Waals surface area contributed by atoms with Crippen molar-refractivity contribution in [2.75, 3.05) is 13.1 Å². The molecule has 1 aromatic carbocycles. The van der Waals surface area contributed by atoms with Crippen LogP contribution in [0.1, 0.15) is 24.8 Å². The molecule has 82 valence electrons. The van der Waals surface area contributed by atoms with E-state index in [0.717, 1.165) is 31.0 Å². The van der Waals surface area contributed by atoms with Crippen LogP contribution in [0, 0.1) is 5.92 Å². The van der Waals surface area contributed by atoms with Crippen LogP contribution in [0.4, 0.5) is 0 Å². The third-order valence-corrected chi connectivity index (χ3v) is 3.20. The van der Waals surface area contributed by atoms with Crippen LogP contribution < -0.4 is 5.32 Å². The number of aromatic hydroxyl groups is 1. The predicted molar refractivity (Wildman–Crippen MR) is 62.0 cm³/mol. The number of phenolic OH excluding ortho intramolecular Hbond substituents is 1. The van der Waals surface area contributed by atoms with Gasteiger partial charge in [-0.25, -0.2) is 0 Å². The minimum absolute atomic E-state index is 0.453. The highest BCUT2D eigenvalue weighted by atomic mass is 16.3. The number of para-hydroxylation sites is 1. The molecule has 2 nitrogen and oxygen atoms in total. The maximum absolute atomic E-state index is 9.70. The van der Waals surface area contributed by atoms with Gasteiger partial charge in [0.05, 0.1) is 0 Å². The number of benzene rings is 1. The van der Waals surface area contributed by atoms with Crippen molar-refractivity contribution in [3.63, 3.8) is 0 Å². The van der Waals surface area contributed by atoms with Gasteiger partial charge in [-0.1, -0.05) is 18.2 Å². The highest BCUT2D eigenvalue weighted by molar-refractivity contribution is 5.32. The van der Waals surface area contributed by atoms with Crippen LogP contribution in [0.25, 0.3) is 0 Å². The smallest absolute Gasteiger partial charge is 0.118 e. The SMILES string of the molecule is Oc1ccccc1CC1CCCNCC1. The number of rotatable bonds is 2. The van der Waals surface area contributed by atoms with E-state index in [-0.39, 0.29) is 0 Å². The topological polar surface area (TPSA) is 32.3 Å². The van der Waals surface area contributed by atoms with Crippen molar-refractivity contribution in [2.24, 2.45) is 5.92 Å². The van der Waals surface area contributed by atoms with Crippen molar-refractivity contribution in [2.45, 2.75) is 25.7 Å². The van der Waals surface area contributed by atoms with E-state index in [1.807, 2.05) is 18.2 Å². The van der Waals surface area contributed by atoms with Gasteiger partial charge in [0.25, 0.3) is 0 Å². The van der Waals surface area contributed by atoms with Gasteiger partial charge in [-0.2, -0.15) is 0 Å². The van der Waals surface area contributed by atoms with E-state index in [1.165, 1.54) is 19.3 Å². The highest BCUT2D eigenvalue weighted by Crippen LogP contribution is 2.24. The lowest BCUT2D eigenvalue weighted by Gasteiger charge is -2.14. The minimum Gasteiger partial charge on any atom is -0.508 e. The summed E-state index contributed by atoms with van der Waals surface area (Å²) < 4.78 is 0.